The van der Waals surface area contributed by atoms with Gasteiger partial charge >= 0.3 is 0 Å². The zero-order valence-corrected chi connectivity index (χ0v) is 7.83. The van der Waals surface area contributed by atoms with Crippen LogP contribution in [0.4, 0.5) is 11.5 Å². The molecule has 0 aliphatic rings. The van der Waals surface area contributed by atoms with Crippen LogP contribution >= 0.6 is 0 Å². The Morgan fingerprint density at radius 3 is 3.15 bits per heavy atom. The maximum Gasteiger partial charge on any atom is 0.146 e. The van der Waals surface area contributed by atoms with Gasteiger partial charge in [0.1, 0.15) is 5.82 Å². The Balaban J connectivity index is 2.41. The number of nitrogens with zero attached hydrogens (tertiary/aromatic N) is 1. The largest absolute Gasteiger partial charge is 0.382 e. The first-order chi connectivity index (χ1) is 6.34. The summed E-state index contributed by atoms with van der Waals surface area (Å²) in [7, 11) is 0. The molecule has 0 radical (unpaired) electrons. The summed E-state index contributed by atoms with van der Waals surface area (Å²) < 4.78 is 0. The maximum atomic E-state index is 5.64. The Hall–Kier alpha value is -1.51. The van der Waals surface area contributed by atoms with Gasteiger partial charge in [0.05, 0.1) is 5.69 Å². The van der Waals surface area contributed by atoms with Gasteiger partial charge in [0.25, 0.3) is 0 Å². The number of pyridine rings is 1. The summed E-state index contributed by atoms with van der Waals surface area (Å²) in [5.41, 5.74) is 6.55. The van der Waals surface area contributed by atoms with Crippen molar-refractivity contribution in [2.75, 3.05) is 17.6 Å². The van der Waals surface area contributed by atoms with Gasteiger partial charge < -0.3 is 11.1 Å². The van der Waals surface area contributed by atoms with E-state index in [-0.39, 0.29) is 0 Å². The van der Waals surface area contributed by atoms with Gasteiger partial charge in [-0.05, 0) is 25.5 Å². The Labute approximate surface area is 78.7 Å². The highest BCUT2D eigenvalue weighted by molar-refractivity contribution is 5.60. The van der Waals surface area contributed by atoms with Crippen LogP contribution in [0, 0.1) is 0 Å². The third-order valence-corrected chi connectivity index (χ3v) is 1.70. The smallest absolute Gasteiger partial charge is 0.146 e. The van der Waals surface area contributed by atoms with Crippen molar-refractivity contribution in [1.29, 1.82) is 0 Å². The Morgan fingerprint density at radius 2 is 2.46 bits per heavy atom. The molecule has 0 fully saturated rings. The third kappa shape index (κ3) is 3.15. The minimum absolute atomic E-state index is 0.558. The molecule has 0 aliphatic heterocycles. The predicted molar refractivity (Wildman–Crippen MR) is 56.6 cm³/mol. The fraction of sp³-hybridized carbons (Fsp3) is 0.300. The highest BCUT2D eigenvalue weighted by atomic mass is 14.9. The van der Waals surface area contributed by atoms with E-state index in [4.69, 9.17) is 5.73 Å². The van der Waals surface area contributed by atoms with E-state index in [1.54, 1.807) is 6.20 Å². The van der Waals surface area contributed by atoms with E-state index in [9.17, 15) is 0 Å². The van der Waals surface area contributed by atoms with Gasteiger partial charge in [-0.25, -0.2) is 4.98 Å². The van der Waals surface area contributed by atoms with Crippen LogP contribution < -0.4 is 11.1 Å². The van der Waals surface area contributed by atoms with Gasteiger partial charge in [-0.1, -0.05) is 12.2 Å². The molecular weight excluding hydrogens is 162 g/mol. The lowest BCUT2D eigenvalue weighted by molar-refractivity contribution is 1.06. The van der Waals surface area contributed by atoms with Crippen LogP contribution in [-0.2, 0) is 0 Å². The molecule has 0 atom stereocenters. The monoisotopic (exact) mass is 177 g/mol. The first-order valence-corrected chi connectivity index (χ1v) is 4.40. The molecule has 3 nitrogen and oxygen atoms in total. The number of hydrogen-bond acceptors (Lipinski definition) is 3. The summed E-state index contributed by atoms with van der Waals surface area (Å²) in [5, 5.41) is 3.21. The maximum absolute atomic E-state index is 5.64. The molecule has 1 heterocycles. The summed E-state index contributed by atoms with van der Waals surface area (Å²) in [5.74, 6) is 0.558. The van der Waals surface area contributed by atoms with Crippen molar-refractivity contribution in [3.05, 3.63) is 30.5 Å². The van der Waals surface area contributed by atoms with Crippen LogP contribution in [-0.4, -0.2) is 11.5 Å². The zero-order chi connectivity index (χ0) is 9.52. The molecule has 0 spiro atoms. The average molecular weight is 177 g/mol. The summed E-state index contributed by atoms with van der Waals surface area (Å²) in [6, 6.07) is 3.80. The number of nitrogen functional groups attached to an aromatic ring is 1. The molecule has 70 valence electrons. The summed E-state index contributed by atoms with van der Waals surface area (Å²) in [6.45, 7) is 2.90. The first-order valence-electron chi connectivity index (χ1n) is 4.40. The van der Waals surface area contributed by atoms with E-state index >= 15 is 0 Å². The topological polar surface area (TPSA) is 50.9 Å². The van der Waals surface area contributed by atoms with Crippen LogP contribution in [0.2, 0.25) is 0 Å². The second-order valence-electron chi connectivity index (χ2n) is 2.72. The van der Waals surface area contributed by atoms with Crippen LogP contribution in [0.1, 0.15) is 13.3 Å². The molecule has 13 heavy (non-hydrogen) atoms. The van der Waals surface area contributed by atoms with E-state index in [0.717, 1.165) is 18.7 Å². The fourth-order valence-electron chi connectivity index (χ4n) is 1.02. The quantitative estimate of drug-likeness (QED) is 0.546. The van der Waals surface area contributed by atoms with Crippen molar-refractivity contribution in [1.82, 2.24) is 4.98 Å². The van der Waals surface area contributed by atoms with Crippen LogP contribution in [0.25, 0.3) is 0 Å². The molecule has 1 aromatic rings. The fourth-order valence-corrected chi connectivity index (χ4v) is 1.02. The van der Waals surface area contributed by atoms with Gasteiger partial charge in [-0.3, -0.25) is 0 Å². The number of hydrogen-bond donors (Lipinski definition) is 2. The molecule has 0 unspecified atom stereocenters. The lowest BCUT2D eigenvalue weighted by atomic mass is 10.3. The average Bonchev–Trinajstić information content (AvgIpc) is 2.15. The van der Waals surface area contributed by atoms with Gasteiger partial charge in [0.2, 0.25) is 0 Å². The standard InChI is InChI=1S/C10H15N3/c1-2-3-4-7-12-9-6-5-8-13-10(9)11/h2-3,5-6,8,12H,4,7H2,1H3,(H2,11,13)/b3-2+. The lowest BCUT2D eigenvalue weighted by Crippen LogP contribution is -2.04. The SMILES string of the molecule is C/C=C/CCNc1cccnc1N. The summed E-state index contributed by atoms with van der Waals surface area (Å²) in [4.78, 5) is 3.98. The van der Waals surface area contributed by atoms with Gasteiger partial charge in [-0.15, -0.1) is 0 Å². The predicted octanol–water partition coefficient (Wildman–Crippen LogP) is 2.04. The van der Waals surface area contributed by atoms with Gasteiger partial charge in [0.15, 0.2) is 0 Å². The zero-order valence-electron chi connectivity index (χ0n) is 7.83. The van der Waals surface area contributed by atoms with Gasteiger partial charge in [0, 0.05) is 12.7 Å². The molecule has 0 aliphatic carbocycles. The normalized spacial score (nSPS) is 10.5. The molecular formula is C10H15N3. The number of rotatable bonds is 4. The molecule has 0 saturated heterocycles. The number of allylic oxidation sites excluding steroid dienone is 1. The molecule has 0 aromatic carbocycles. The summed E-state index contributed by atoms with van der Waals surface area (Å²) in [6.07, 6.45) is 6.84. The number of nitrogens with one attached hydrogen (secondary N) is 1. The molecule has 3 N–H and O–H groups in total. The molecule has 0 saturated carbocycles. The van der Waals surface area contributed by atoms with Crippen molar-refractivity contribution in [3.63, 3.8) is 0 Å². The van der Waals surface area contributed by atoms with Gasteiger partial charge in [-0.2, -0.15) is 0 Å². The van der Waals surface area contributed by atoms with Crippen LogP contribution in [0.5, 0.6) is 0 Å². The summed E-state index contributed by atoms with van der Waals surface area (Å²) >= 11 is 0. The van der Waals surface area contributed by atoms with E-state index in [0.29, 0.717) is 5.82 Å². The lowest BCUT2D eigenvalue weighted by Gasteiger charge is -2.05. The van der Waals surface area contributed by atoms with Crippen molar-refractivity contribution in [3.8, 4) is 0 Å². The van der Waals surface area contributed by atoms with Crippen molar-refractivity contribution in [2.24, 2.45) is 0 Å². The van der Waals surface area contributed by atoms with Crippen LogP contribution in [0.15, 0.2) is 30.5 Å². The van der Waals surface area contributed by atoms with E-state index in [1.165, 1.54) is 0 Å². The molecule has 1 rings (SSSR count). The number of aromatic nitrogens is 1. The molecule has 0 amide bonds. The minimum Gasteiger partial charge on any atom is -0.382 e. The highest BCUT2D eigenvalue weighted by Gasteiger charge is 1.95. The second kappa shape index (κ2) is 5.19. The Bertz CT molecular complexity index is 281. The van der Waals surface area contributed by atoms with E-state index in [2.05, 4.69) is 16.4 Å². The van der Waals surface area contributed by atoms with E-state index < -0.39 is 0 Å². The van der Waals surface area contributed by atoms with Crippen molar-refractivity contribution >= 4 is 11.5 Å². The van der Waals surface area contributed by atoms with Crippen molar-refractivity contribution in [2.45, 2.75) is 13.3 Å². The first kappa shape index (κ1) is 9.58. The number of nitrogens with two attached hydrogens (primary N) is 1. The molecule has 1 aromatic heterocycles. The molecule has 3 heteroatoms. The van der Waals surface area contributed by atoms with Crippen LogP contribution in [0.3, 0.4) is 0 Å². The van der Waals surface area contributed by atoms with Crippen molar-refractivity contribution < 1.29 is 0 Å². The Kier molecular flexibility index (Phi) is 3.82. The minimum atomic E-state index is 0.558. The highest BCUT2D eigenvalue weighted by Crippen LogP contribution is 2.12. The molecule has 0 bridgehead atoms. The third-order valence-electron chi connectivity index (χ3n) is 1.70. The Morgan fingerprint density at radius 1 is 1.62 bits per heavy atom. The van der Waals surface area contributed by atoms with E-state index in [1.807, 2.05) is 25.1 Å². The second-order valence-corrected chi connectivity index (χ2v) is 2.72. The number of anilines is 2.